The first-order chi connectivity index (χ1) is 22.7. The summed E-state index contributed by atoms with van der Waals surface area (Å²) < 4.78 is 13.6. The van der Waals surface area contributed by atoms with Crippen LogP contribution >= 0.6 is 0 Å². The molecular formula is C36H39LiN6O6. The second-order valence-corrected chi connectivity index (χ2v) is 11.1. The average Bonchev–Trinajstić information content (AvgIpc) is 3.82. The maximum atomic E-state index is 11.9. The van der Waals surface area contributed by atoms with Crippen LogP contribution in [0.3, 0.4) is 0 Å². The van der Waals surface area contributed by atoms with Crippen LogP contribution in [0.15, 0.2) is 73.1 Å². The Bertz CT molecular complexity index is 2050. The van der Waals surface area contributed by atoms with E-state index in [2.05, 4.69) is 20.2 Å². The Morgan fingerprint density at radius 1 is 0.776 bits per heavy atom. The second kappa shape index (κ2) is 17.5. The number of aryl methyl sites for hydroxylation is 4. The molecule has 5 heterocycles. The van der Waals surface area contributed by atoms with Crippen LogP contribution in [-0.2, 0) is 23.6 Å². The summed E-state index contributed by atoms with van der Waals surface area (Å²) in [4.78, 5) is 31.4. The molecule has 0 saturated carbocycles. The van der Waals surface area contributed by atoms with Crippen molar-refractivity contribution in [3.05, 3.63) is 95.6 Å². The third-order valence-electron chi connectivity index (χ3n) is 7.63. The number of benzene rings is 2. The number of rotatable bonds is 5. The zero-order valence-electron chi connectivity index (χ0n) is 28.7. The summed E-state index contributed by atoms with van der Waals surface area (Å²) in [6.07, 6.45) is 6.05. The zero-order valence-corrected chi connectivity index (χ0v) is 28.7. The monoisotopic (exact) mass is 658 g/mol. The predicted molar refractivity (Wildman–Crippen MR) is 182 cm³/mol. The van der Waals surface area contributed by atoms with Gasteiger partial charge in [-0.3, -0.25) is 19.3 Å². The molecule has 1 fully saturated rings. The van der Waals surface area contributed by atoms with Crippen LogP contribution in [0.25, 0.3) is 44.3 Å². The van der Waals surface area contributed by atoms with Crippen molar-refractivity contribution in [1.82, 2.24) is 29.5 Å². The number of esters is 1. The molecule has 1 saturated heterocycles. The van der Waals surface area contributed by atoms with E-state index >= 15 is 0 Å². The first-order valence-electron chi connectivity index (χ1n) is 15.4. The molecule has 0 spiro atoms. The van der Waals surface area contributed by atoms with Gasteiger partial charge in [-0.05, 0) is 94.3 Å². The van der Waals surface area contributed by atoms with Gasteiger partial charge in [-0.25, -0.2) is 9.59 Å². The Morgan fingerprint density at radius 3 is 1.65 bits per heavy atom. The van der Waals surface area contributed by atoms with Gasteiger partial charge in [0.05, 0.1) is 28.8 Å². The number of pyridine rings is 2. The van der Waals surface area contributed by atoms with Crippen molar-refractivity contribution in [2.24, 2.45) is 14.1 Å². The number of carboxylic acids is 1. The topological polar surface area (TPSA) is 164 Å². The molecule has 0 aliphatic carbocycles. The van der Waals surface area contributed by atoms with Crippen molar-refractivity contribution in [2.75, 3.05) is 19.8 Å². The van der Waals surface area contributed by atoms with Gasteiger partial charge in [0.1, 0.15) is 11.4 Å². The molecule has 0 unspecified atom stereocenters. The van der Waals surface area contributed by atoms with Crippen LogP contribution in [0, 0.1) is 13.8 Å². The number of fused-ring (bicyclic) bond motifs is 2. The minimum Gasteiger partial charge on any atom is -0.870 e. The van der Waals surface area contributed by atoms with Crippen LogP contribution in [-0.4, -0.2) is 71.9 Å². The number of carboxylic acid groups (broad SMARTS) is 1. The molecule has 49 heavy (non-hydrogen) atoms. The van der Waals surface area contributed by atoms with Crippen LogP contribution in [0.2, 0.25) is 0 Å². The SMILES string of the molecule is C1CCOC1.CCOC(=O)c1ccc2c(c1)c(-c1ccnc(C)c1)nn2C.Cc1cc(-c2nn(C)c3ccc(C(=O)O)cc23)ccn1.[Li+].[OH-]. The van der Waals surface area contributed by atoms with E-state index in [-0.39, 0.29) is 35.9 Å². The Labute approximate surface area is 296 Å². The van der Waals surface area contributed by atoms with E-state index in [1.54, 1.807) is 48.3 Å². The minimum atomic E-state index is -0.937. The van der Waals surface area contributed by atoms with Crippen LogP contribution < -0.4 is 18.9 Å². The van der Waals surface area contributed by atoms with E-state index < -0.39 is 5.97 Å². The average molecular weight is 659 g/mol. The van der Waals surface area contributed by atoms with E-state index in [1.807, 2.05) is 69.0 Å². The molecule has 6 aromatic rings. The van der Waals surface area contributed by atoms with Crippen molar-refractivity contribution in [3.8, 4) is 22.5 Å². The molecule has 0 radical (unpaired) electrons. The number of aromatic nitrogens is 6. The summed E-state index contributed by atoms with van der Waals surface area (Å²) in [5.74, 6) is -1.25. The van der Waals surface area contributed by atoms with E-state index in [1.165, 1.54) is 12.8 Å². The molecule has 0 atom stereocenters. The summed E-state index contributed by atoms with van der Waals surface area (Å²) in [5, 5.41) is 20.0. The van der Waals surface area contributed by atoms with Crippen molar-refractivity contribution < 1.29 is 48.5 Å². The molecular weight excluding hydrogens is 619 g/mol. The Morgan fingerprint density at radius 2 is 1.24 bits per heavy atom. The zero-order chi connectivity index (χ0) is 33.5. The second-order valence-electron chi connectivity index (χ2n) is 11.1. The largest absolute Gasteiger partial charge is 1.00 e. The molecule has 250 valence electrons. The van der Waals surface area contributed by atoms with E-state index in [0.29, 0.717) is 12.2 Å². The molecule has 2 N–H and O–H groups in total. The molecule has 1 aliphatic heterocycles. The number of nitrogens with zero attached hydrogens (tertiary/aromatic N) is 6. The summed E-state index contributed by atoms with van der Waals surface area (Å²) in [6.45, 7) is 8.02. The molecule has 2 aromatic carbocycles. The molecule has 1 aliphatic rings. The van der Waals surface area contributed by atoms with E-state index in [0.717, 1.165) is 68.9 Å². The number of carbonyl (C=O) groups excluding carboxylic acids is 1. The van der Waals surface area contributed by atoms with Gasteiger partial charge in [0.2, 0.25) is 0 Å². The number of aromatic carboxylic acids is 1. The quantitative estimate of drug-likeness (QED) is 0.215. The predicted octanol–water partition coefficient (Wildman–Crippen LogP) is 3.39. The van der Waals surface area contributed by atoms with Gasteiger partial charge < -0.3 is 20.1 Å². The fraction of sp³-hybridized carbons (Fsp3) is 0.278. The molecule has 4 aromatic heterocycles. The van der Waals surface area contributed by atoms with Crippen molar-refractivity contribution in [3.63, 3.8) is 0 Å². The Hall–Kier alpha value is -4.86. The van der Waals surface area contributed by atoms with Crippen LogP contribution in [0.5, 0.6) is 0 Å². The molecule has 0 amide bonds. The van der Waals surface area contributed by atoms with Gasteiger partial charge in [0.25, 0.3) is 0 Å². The van der Waals surface area contributed by atoms with Crippen molar-refractivity contribution >= 4 is 33.7 Å². The summed E-state index contributed by atoms with van der Waals surface area (Å²) in [7, 11) is 3.74. The third-order valence-corrected chi connectivity index (χ3v) is 7.63. The minimum absolute atomic E-state index is 0. The Kier molecular flexibility index (Phi) is 13.8. The van der Waals surface area contributed by atoms with Gasteiger partial charge in [0, 0.05) is 73.0 Å². The van der Waals surface area contributed by atoms with Crippen LogP contribution in [0.4, 0.5) is 0 Å². The maximum Gasteiger partial charge on any atom is 1.00 e. The van der Waals surface area contributed by atoms with Crippen molar-refractivity contribution in [2.45, 2.75) is 33.6 Å². The number of hydrogen-bond donors (Lipinski definition) is 1. The fourth-order valence-corrected chi connectivity index (χ4v) is 5.33. The molecule has 13 heteroatoms. The standard InChI is InChI=1S/C17H17N3O2.C15H13N3O2.C4H8O.Li.H2O/c1-4-22-17(21)13-5-6-15-14(10-13)16(19-20(15)3)12-7-8-18-11(2)9-12;1-9-7-10(5-6-16-9)14-12-8-11(15(19)20)3-4-13(12)18(2)17-14;1-2-4-5-3-1;;/h5-10H,4H2,1-3H3;3-8H,1-2H3,(H,19,20);1-4H2;;1H2/q;;;+1;/p-1. The first kappa shape index (κ1) is 38.6. The smallest absolute Gasteiger partial charge is 0.870 e. The molecule has 12 nitrogen and oxygen atoms in total. The van der Waals surface area contributed by atoms with Gasteiger partial charge in [-0.1, -0.05) is 0 Å². The molecule has 0 bridgehead atoms. The maximum absolute atomic E-state index is 11.9. The number of carbonyl (C=O) groups is 2. The summed E-state index contributed by atoms with van der Waals surface area (Å²) in [6, 6.07) is 18.3. The number of ether oxygens (including phenoxy) is 2. The summed E-state index contributed by atoms with van der Waals surface area (Å²) in [5.41, 5.74) is 8.03. The fourth-order valence-electron chi connectivity index (χ4n) is 5.33. The van der Waals surface area contributed by atoms with E-state index in [9.17, 15) is 9.59 Å². The first-order valence-corrected chi connectivity index (χ1v) is 15.4. The van der Waals surface area contributed by atoms with Gasteiger partial charge in [-0.15, -0.1) is 0 Å². The van der Waals surface area contributed by atoms with Crippen LogP contribution in [0.1, 0.15) is 51.9 Å². The number of hydrogen-bond acceptors (Lipinski definition) is 9. The third kappa shape index (κ3) is 9.19. The van der Waals surface area contributed by atoms with Gasteiger partial charge >= 0.3 is 30.8 Å². The molecule has 7 rings (SSSR count). The normalized spacial score (nSPS) is 11.8. The van der Waals surface area contributed by atoms with E-state index in [4.69, 9.17) is 14.6 Å². The Balaban J connectivity index is 0.000000225. The van der Waals surface area contributed by atoms with Gasteiger partial charge in [-0.2, -0.15) is 10.2 Å². The van der Waals surface area contributed by atoms with Crippen molar-refractivity contribution in [1.29, 1.82) is 0 Å². The van der Waals surface area contributed by atoms with Gasteiger partial charge in [0.15, 0.2) is 0 Å². The summed E-state index contributed by atoms with van der Waals surface area (Å²) >= 11 is 0.